The minimum atomic E-state index is -0.669. The molecule has 194 valence electrons. The van der Waals surface area contributed by atoms with Gasteiger partial charge in [-0.25, -0.2) is 4.39 Å². The van der Waals surface area contributed by atoms with Gasteiger partial charge in [-0.15, -0.1) is 0 Å². The Hall–Kier alpha value is -2.24. The lowest BCUT2D eigenvalue weighted by molar-refractivity contribution is -0.143. The summed E-state index contributed by atoms with van der Waals surface area (Å²) in [5, 5.41) is 3.48. The minimum Gasteiger partial charge on any atom is -0.377 e. The molecule has 5 atom stereocenters. The molecule has 3 aliphatic heterocycles. The number of carbonyl (C=O) groups excluding carboxylic acids is 1. The lowest BCUT2D eigenvalue weighted by atomic mass is 9.69. The monoisotopic (exact) mass is 492 g/mol. The molecule has 4 nitrogen and oxygen atoms in total. The molecule has 0 unspecified atom stereocenters. The zero-order chi connectivity index (χ0) is 25.3. The molecule has 36 heavy (non-hydrogen) atoms. The maximum Gasteiger partial charge on any atom is 0.228 e. The Labute approximate surface area is 215 Å². The zero-order valence-corrected chi connectivity index (χ0v) is 22.0. The molecule has 0 saturated carbocycles. The van der Waals surface area contributed by atoms with Gasteiger partial charge in [0.15, 0.2) is 0 Å². The van der Waals surface area contributed by atoms with Gasteiger partial charge in [0.2, 0.25) is 5.91 Å². The molecule has 0 bridgehead atoms. The van der Waals surface area contributed by atoms with Crippen LogP contribution < -0.4 is 5.32 Å². The molecule has 0 aliphatic carbocycles. The fraction of sp³-hybridized carbons (Fsp3) is 0.581. The Balaban J connectivity index is 1.49. The van der Waals surface area contributed by atoms with Gasteiger partial charge in [-0.3, -0.25) is 4.79 Å². The van der Waals surface area contributed by atoms with Crippen LogP contribution in [0.5, 0.6) is 0 Å². The first-order valence-electron chi connectivity index (χ1n) is 13.9. The summed E-state index contributed by atoms with van der Waals surface area (Å²) < 4.78 is 21.8. The number of carbonyl (C=O) groups is 1. The number of hydrogen-bond donors (Lipinski definition) is 1. The van der Waals surface area contributed by atoms with Gasteiger partial charge in [-0.1, -0.05) is 69.2 Å². The Morgan fingerprint density at radius 2 is 1.94 bits per heavy atom. The summed E-state index contributed by atoms with van der Waals surface area (Å²) in [5.41, 5.74) is 2.40. The van der Waals surface area contributed by atoms with Crippen molar-refractivity contribution in [3.63, 3.8) is 0 Å². The molecule has 5 heteroatoms. The number of rotatable bonds is 5. The van der Waals surface area contributed by atoms with Crippen LogP contribution in [0.25, 0.3) is 0 Å². The maximum atomic E-state index is 15.5. The highest BCUT2D eigenvalue weighted by Crippen LogP contribution is 2.45. The van der Waals surface area contributed by atoms with E-state index in [9.17, 15) is 4.79 Å². The van der Waals surface area contributed by atoms with Gasteiger partial charge >= 0.3 is 0 Å². The molecule has 5 rings (SSSR count). The third-order valence-electron chi connectivity index (χ3n) is 9.28. The van der Waals surface area contributed by atoms with E-state index in [2.05, 4.69) is 54.4 Å². The molecular formula is C31H41FN2O2. The van der Waals surface area contributed by atoms with Gasteiger partial charge in [0.1, 0.15) is 5.82 Å². The smallest absolute Gasteiger partial charge is 0.228 e. The molecule has 2 aromatic carbocycles. The SMILES string of the molecule is CCC(CC)[C@@H]1C[C@H](c2ccccc2)CCN1C(=O)[C@@H]1CNC[C@]12CO[C@@H](C)Cc1cccc(F)c12. The van der Waals surface area contributed by atoms with Crippen molar-refractivity contribution < 1.29 is 13.9 Å². The van der Waals surface area contributed by atoms with Gasteiger partial charge in [0.05, 0.1) is 18.6 Å². The number of nitrogens with one attached hydrogen (secondary N) is 1. The Bertz CT molecular complexity index is 1060. The fourth-order valence-corrected chi connectivity index (χ4v) is 7.30. The highest BCUT2D eigenvalue weighted by molar-refractivity contribution is 5.82. The number of hydrogen-bond acceptors (Lipinski definition) is 3. The van der Waals surface area contributed by atoms with Crippen molar-refractivity contribution in [2.75, 3.05) is 26.2 Å². The third kappa shape index (κ3) is 4.50. The molecule has 2 fully saturated rings. The number of piperidine rings is 1. The zero-order valence-electron chi connectivity index (χ0n) is 22.0. The molecule has 1 amide bonds. The van der Waals surface area contributed by atoms with Crippen LogP contribution in [0.1, 0.15) is 69.1 Å². The van der Waals surface area contributed by atoms with Gasteiger partial charge in [-0.2, -0.15) is 0 Å². The summed E-state index contributed by atoms with van der Waals surface area (Å²) in [6.07, 6.45) is 4.75. The first-order chi connectivity index (χ1) is 17.5. The van der Waals surface area contributed by atoms with E-state index in [1.54, 1.807) is 12.1 Å². The highest BCUT2D eigenvalue weighted by atomic mass is 19.1. The molecule has 2 saturated heterocycles. The summed E-state index contributed by atoms with van der Waals surface area (Å²) in [7, 11) is 0. The van der Waals surface area contributed by atoms with Crippen LogP contribution in [0.4, 0.5) is 4.39 Å². The second kappa shape index (κ2) is 10.6. The molecular weight excluding hydrogens is 451 g/mol. The second-order valence-corrected chi connectivity index (χ2v) is 11.2. The van der Waals surface area contributed by atoms with Crippen LogP contribution >= 0.6 is 0 Å². The van der Waals surface area contributed by atoms with Crippen molar-refractivity contribution in [3.8, 4) is 0 Å². The minimum absolute atomic E-state index is 0.000191. The summed E-state index contributed by atoms with van der Waals surface area (Å²) in [5.74, 6) is 0.572. The highest BCUT2D eigenvalue weighted by Gasteiger charge is 2.54. The number of fused-ring (bicyclic) bond motifs is 2. The first kappa shape index (κ1) is 25.4. The summed E-state index contributed by atoms with van der Waals surface area (Å²) in [4.78, 5) is 16.7. The lowest BCUT2D eigenvalue weighted by Crippen LogP contribution is -2.55. The van der Waals surface area contributed by atoms with Crippen molar-refractivity contribution in [1.82, 2.24) is 10.2 Å². The quantitative estimate of drug-likeness (QED) is 0.603. The Kier molecular flexibility index (Phi) is 7.50. The van der Waals surface area contributed by atoms with E-state index in [1.807, 2.05) is 13.0 Å². The first-order valence-corrected chi connectivity index (χ1v) is 13.9. The van der Waals surface area contributed by atoms with Crippen molar-refractivity contribution in [2.24, 2.45) is 11.8 Å². The molecule has 3 heterocycles. The number of benzene rings is 2. The van der Waals surface area contributed by atoms with Crippen molar-refractivity contribution in [3.05, 3.63) is 71.0 Å². The number of ether oxygens (including phenoxy) is 1. The standard InChI is InChI=1S/C31H41FN2O2/c1-4-22(5-2)28-17-24(23-10-7-6-8-11-23)14-15-34(28)30(35)26-18-33-19-31(26)20-36-21(3)16-25-12-9-13-27(32)29(25)31/h6-13,21-22,24,26,28,33H,4-5,14-20H2,1-3H3/t21-,24+,26-,28-,31-/m0/s1. The number of halogens is 1. The van der Waals surface area contributed by atoms with Crippen LogP contribution in [0.15, 0.2) is 48.5 Å². The molecule has 3 aliphatic rings. The van der Waals surface area contributed by atoms with E-state index in [-0.39, 0.29) is 29.8 Å². The number of nitrogens with zero attached hydrogens (tertiary/aromatic N) is 1. The molecule has 1 spiro atoms. The van der Waals surface area contributed by atoms with Crippen LogP contribution in [0.3, 0.4) is 0 Å². The maximum absolute atomic E-state index is 15.5. The van der Waals surface area contributed by atoms with Gasteiger partial charge in [0.25, 0.3) is 0 Å². The van der Waals surface area contributed by atoms with Gasteiger partial charge < -0.3 is 15.0 Å². The average Bonchev–Trinajstić information content (AvgIpc) is 3.26. The Morgan fingerprint density at radius 1 is 1.17 bits per heavy atom. The normalized spacial score (nSPS) is 30.4. The van der Waals surface area contributed by atoms with E-state index in [0.29, 0.717) is 43.5 Å². The van der Waals surface area contributed by atoms with Gasteiger partial charge in [0, 0.05) is 36.7 Å². The van der Waals surface area contributed by atoms with Crippen molar-refractivity contribution in [1.29, 1.82) is 0 Å². The average molecular weight is 493 g/mol. The summed E-state index contributed by atoms with van der Waals surface area (Å²) in [6, 6.07) is 16.3. The summed E-state index contributed by atoms with van der Waals surface area (Å²) in [6.45, 7) is 8.81. The number of amides is 1. The lowest BCUT2D eigenvalue weighted by Gasteiger charge is -2.46. The summed E-state index contributed by atoms with van der Waals surface area (Å²) >= 11 is 0. The largest absolute Gasteiger partial charge is 0.377 e. The van der Waals surface area contributed by atoms with Crippen molar-refractivity contribution >= 4 is 5.91 Å². The Morgan fingerprint density at radius 3 is 2.69 bits per heavy atom. The predicted octanol–water partition coefficient (Wildman–Crippen LogP) is 5.46. The van der Waals surface area contributed by atoms with Crippen LogP contribution in [-0.2, 0) is 21.4 Å². The third-order valence-corrected chi connectivity index (χ3v) is 9.28. The number of likely N-dealkylation sites (tertiary alicyclic amines) is 1. The van der Waals surface area contributed by atoms with E-state index < -0.39 is 5.41 Å². The molecule has 0 radical (unpaired) electrons. The molecule has 1 N–H and O–H groups in total. The fourth-order valence-electron chi connectivity index (χ4n) is 7.30. The van der Waals surface area contributed by atoms with Crippen molar-refractivity contribution in [2.45, 2.75) is 76.4 Å². The van der Waals surface area contributed by atoms with Crippen LogP contribution in [0.2, 0.25) is 0 Å². The predicted molar refractivity (Wildman–Crippen MR) is 142 cm³/mol. The van der Waals surface area contributed by atoms with E-state index in [1.165, 1.54) is 5.56 Å². The van der Waals surface area contributed by atoms with Crippen LogP contribution in [-0.4, -0.2) is 49.2 Å². The second-order valence-electron chi connectivity index (χ2n) is 11.2. The van der Waals surface area contributed by atoms with E-state index in [0.717, 1.165) is 37.8 Å². The van der Waals surface area contributed by atoms with E-state index in [4.69, 9.17) is 4.74 Å². The topological polar surface area (TPSA) is 41.6 Å². The van der Waals surface area contributed by atoms with Gasteiger partial charge in [-0.05, 0) is 55.2 Å². The molecule has 2 aromatic rings. The van der Waals surface area contributed by atoms with E-state index >= 15 is 4.39 Å². The molecule has 0 aromatic heterocycles. The van der Waals surface area contributed by atoms with Crippen LogP contribution in [0, 0.1) is 17.7 Å².